The highest BCUT2D eigenvalue weighted by molar-refractivity contribution is 7.99. The molecule has 0 radical (unpaired) electrons. The maximum absolute atomic E-state index is 12.3. The summed E-state index contributed by atoms with van der Waals surface area (Å²) in [6, 6.07) is 10.0. The number of aryl methyl sites for hydroxylation is 2. The van der Waals surface area contributed by atoms with Gasteiger partial charge in [0.15, 0.2) is 5.16 Å². The number of benzene rings is 1. The van der Waals surface area contributed by atoms with E-state index in [4.69, 9.17) is 0 Å². The van der Waals surface area contributed by atoms with Gasteiger partial charge in [-0.2, -0.15) is 0 Å². The molecule has 0 spiro atoms. The molecule has 0 fully saturated rings. The highest BCUT2D eigenvalue weighted by atomic mass is 32.2. The molecule has 0 aliphatic carbocycles. The van der Waals surface area contributed by atoms with E-state index in [2.05, 4.69) is 51.5 Å². The van der Waals surface area contributed by atoms with Crippen molar-refractivity contribution in [1.29, 1.82) is 0 Å². The van der Waals surface area contributed by atoms with Crippen LogP contribution < -0.4 is 5.32 Å². The second-order valence-corrected chi connectivity index (χ2v) is 8.57. The van der Waals surface area contributed by atoms with Gasteiger partial charge < -0.3 is 5.32 Å². The number of amides is 1. The average molecular weight is 437 g/mol. The van der Waals surface area contributed by atoms with Crippen LogP contribution in [0.25, 0.3) is 16.9 Å². The van der Waals surface area contributed by atoms with Crippen molar-refractivity contribution in [3.05, 3.63) is 70.6 Å². The molecule has 4 aromatic rings. The number of rotatable bonds is 7. The number of thiazole rings is 1. The van der Waals surface area contributed by atoms with Gasteiger partial charge in [-0.05, 0) is 49.2 Å². The standard InChI is InChI=1S/C21H20N6OS2/c1-14-3-4-17(9-15(14)2)27-13-24-26-21(27)30-12-19(28)23-10-20-25-18(11-29-20)16-5-7-22-8-6-16/h3-9,11,13H,10,12H2,1-2H3,(H,23,28). The van der Waals surface area contributed by atoms with Crippen LogP contribution in [0.2, 0.25) is 0 Å². The lowest BCUT2D eigenvalue weighted by atomic mass is 10.1. The molecule has 0 aliphatic rings. The minimum absolute atomic E-state index is 0.0738. The van der Waals surface area contributed by atoms with Gasteiger partial charge in [-0.1, -0.05) is 17.8 Å². The summed E-state index contributed by atoms with van der Waals surface area (Å²) in [7, 11) is 0. The fraction of sp³-hybridized carbons (Fsp3) is 0.190. The minimum Gasteiger partial charge on any atom is -0.349 e. The first-order valence-electron chi connectivity index (χ1n) is 9.32. The van der Waals surface area contributed by atoms with Crippen LogP contribution in [0.3, 0.4) is 0 Å². The van der Waals surface area contributed by atoms with E-state index in [1.165, 1.54) is 34.2 Å². The number of aromatic nitrogens is 5. The number of hydrogen-bond acceptors (Lipinski definition) is 7. The van der Waals surface area contributed by atoms with Crippen LogP contribution in [0.1, 0.15) is 16.1 Å². The van der Waals surface area contributed by atoms with E-state index in [0.29, 0.717) is 11.7 Å². The second-order valence-electron chi connectivity index (χ2n) is 6.68. The fourth-order valence-corrected chi connectivity index (χ4v) is 4.28. The van der Waals surface area contributed by atoms with Gasteiger partial charge in [0, 0.05) is 29.0 Å². The van der Waals surface area contributed by atoms with Crippen LogP contribution >= 0.6 is 23.1 Å². The van der Waals surface area contributed by atoms with Crippen LogP contribution in [0.15, 0.2) is 59.6 Å². The van der Waals surface area contributed by atoms with Crippen molar-refractivity contribution in [2.75, 3.05) is 5.75 Å². The Morgan fingerprint density at radius 1 is 1.17 bits per heavy atom. The quantitative estimate of drug-likeness (QED) is 0.444. The molecule has 0 saturated carbocycles. The zero-order valence-electron chi connectivity index (χ0n) is 16.6. The summed E-state index contributed by atoms with van der Waals surface area (Å²) in [5.41, 5.74) is 5.32. The molecule has 1 aromatic carbocycles. The molecule has 9 heteroatoms. The minimum atomic E-state index is -0.0738. The number of nitrogens with zero attached hydrogens (tertiary/aromatic N) is 5. The Kier molecular flexibility index (Phi) is 6.20. The molecule has 0 atom stereocenters. The van der Waals surface area contributed by atoms with E-state index in [9.17, 15) is 4.79 Å². The normalized spacial score (nSPS) is 10.9. The van der Waals surface area contributed by atoms with Crippen LogP contribution in [0.5, 0.6) is 0 Å². The summed E-state index contributed by atoms with van der Waals surface area (Å²) in [6.07, 6.45) is 5.15. The van der Waals surface area contributed by atoms with E-state index in [0.717, 1.165) is 22.0 Å². The average Bonchev–Trinajstić information content (AvgIpc) is 3.43. The fourth-order valence-electron chi connectivity index (χ4n) is 2.78. The van der Waals surface area contributed by atoms with Crippen LogP contribution in [-0.4, -0.2) is 36.4 Å². The molecule has 0 unspecified atom stereocenters. The van der Waals surface area contributed by atoms with E-state index in [-0.39, 0.29) is 11.7 Å². The van der Waals surface area contributed by atoms with Crippen LogP contribution in [0, 0.1) is 13.8 Å². The van der Waals surface area contributed by atoms with Crippen molar-refractivity contribution in [3.63, 3.8) is 0 Å². The lowest BCUT2D eigenvalue weighted by Gasteiger charge is -2.08. The van der Waals surface area contributed by atoms with Gasteiger partial charge in [-0.15, -0.1) is 21.5 Å². The second kappa shape index (κ2) is 9.19. The maximum atomic E-state index is 12.3. The Morgan fingerprint density at radius 3 is 2.80 bits per heavy atom. The van der Waals surface area contributed by atoms with E-state index >= 15 is 0 Å². The molecular weight excluding hydrogens is 416 g/mol. The summed E-state index contributed by atoms with van der Waals surface area (Å²) >= 11 is 2.88. The number of hydrogen-bond donors (Lipinski definition) is 1. The number of nitrogens with one attached hydrogen (secondary N) is 1. The molecule has 7 nitrogen and oxygen atoms in total. The number of carbonyl (C=O) groups is 1. The summed E-state index contributed by atoms with van der Waals surface area (Å²) in [4.78, 5) is 20.9. The highest BCUT2D eigenvalue weighted by Crippen LogP contribution is 2.22. The molecule has 30 heavy (non-hydrogen) atoms. The third kappa shape index (κ3) is 4.74. The number of pyridine rings is 1. The highest BCUT2D eigenvalue weighted by Gasteiger charge is 2.12. The van der Waals surface area contributed by atoms with Crippen LogP contribution in [-0.2, 0) is 11.3 Å². The summed E-state index contributed by atoms with van der Waals surface area (Å²) in [6.45, 7) is 4.55. The van der Waals surface area contributed by atoms with Gasteiger partial charge in [-0.25, -0.2) is 4.98 Å². The third-order valence-corrected chi connectivity index (χ3v) is 6.37. The predicted molar refractivity (Wildman–Crippen MR) is 119 cm³/mol. The molecule has 3 heterocycles. The summed E-state index contributed by atoms with van der Waals surface area (Å²) in [5.74, 6) is 0.182. The van der Waals surface area contributed by atoms with Crippen molar-refractivity contribution in [2.24, 2.45) is 0 Å². The molecule has 4 rings (SSSR count). The smallest absolute Gasteiger partial charge is 0.230 e. The lowest BCUT2D eigenvalue weighted by Crippen LogP contribution is -2.24. The first-order valence-corrected chi connectivity index (χ1v) is 11.2. The van der Waals surface area contributed by atoms with Gasteiger partial charge in [0.1, 0.15) is 11.3 Å². The summed E-state index contributed by atoms with van der Waals surface area (Å²) < 4.78 is 1.90. The molecule has 1 N–H and O–H groups in total. The van der Waals surface area contributed by atoms with Gasteiger partial charge in [0.25, 0.3) is 0 Å². The molecular formula is C21H20N6OS2. The van der Waals surface area contributed by atoms with Crippen molar-refractivity contribution in [3.8, 4) is 16.9 Å². The molecule has 0 aliphatic heterocycles. The molecule has 152 valence electrons. The third-order valence-electron chi connectivity index (χ3n) is 4.58. The maximum Gasteiger partial charge on any atom is 0.230 e. The predicted octanol–water partition coefficient (Wildman–Crippen LogP) is 3.81. The van der Waals surface area contributed by atoms with Gasteiger partial charge in [0.2, 0.25) is 5.91 Å². The van der Waals surface area contributed by atoms with Crippen LogP contribution in [0.4, 0.5) is 0 Å². The topological polar surface area (TPSA) is 85.6 Å². The Balaban J connectivity index is 1.32. The number of thioether (sulfide) groups is 1. The van der Waals surface area contributed by atoms with Crippen molar-refractivity contribution in [2.45, 2.75) is 25.5 Å². The van der Waals surface area contributed by atoms with Gasteiger partial charge in [-0.3, -0.25) is 14.3 Å². The lowest BCUT2D eigenvalue weighted by molar-refractivity contribution is -0.118. The van der Waals surface area contributed by atoms with E-state index < -0.39 is 0 Å². The Bertz CT molecular complexity index is 1160. The van der Waals surface area contributed by atoms with Crippen molar-refractivity contribution in [1.82, 2.24) is 30.0 Å². The first-order chi connectivity index (χ1) is 14.6. The Hall–Kier alpha value is -3.04. The molecule has 3 aromatic heterocycles. The van der Waals surface area contributed by atoms with Crippen molar-refractivity contribution < 1.29 is 4.79 Å². The van der Waals surface area contributed by atoms with Gasteiger partial charge >= 0.3 is 0 Å². The Labute approximate surface area is 182 Å². The first kappa shape index (κ1) is 20.2. The van der Waals surface area contributed by atoms with Crippen molar-refractivity contribution >= 4 is 29.0 Å². The Morgan fingerprint density at radius 2 is 2.00 bits per heavy atom. The van der Waals surface area contributed by atoms with E-state index in [1.807, 2.05) is 28.1 Å². The molecule has 0 bridgehead atoms. The van der Waals surface area contributed by atoms with Gasteiger partial charge in [0.05, 0.1) is 18.0 Å². The summed E-state index contributed by atoms with van der Waals surface area (Å²) in [5, 5.41) is 14.6. The molecule has 0 saturated heterocycles. The zero-order chi connectivity index (χ0) is 20.9. The zero-order valence-corrected chi connectivity index (χ0v) is 18.2. The van der Waals surface area contributed by atoms with E-state index in [1.54, 1.807) is 18.7 Å². The number of carbonyl (C=O) groups excluding carboxylic acids is 1. The molecule has 1 amide bonds. The largest absolute Gasteiger partial charge is 0.349 e. The SMILES string of the molecule is Cc1ccc(-n2cnnc2SCC(=O)NCc2nc(-c3ccncc3)cs2)cc1C. The monoisotopic (exact) mass is 436 g/mol.